The van der Waals surface area contributed by atoms with Crippen LogP contribution in [0, 0.1) is 5.82 Å². The van der Waals surface area contributed by atoms with E-state index in [2.05, 4.69) is 4.74 Å². The average Bonchev–Trinajstić information content (AvgIpc) is 2.37. The zero-order valence-corrected chi connectivity index (χ0v) is 11.4. The van der Waals surface area contributed by atoms with Gasteiger partial charge in [0.1, 0.15) is 11.6 Å². The number of anilines is 1. The highest BCUT2D eigenvalue weighted by Crippen LogP contribution is 2.28. The van der Waals surface area contributed by atoms with Crippen LogP contribution in [0.3, 0.4) is 0 Å². The van der Waals surface area contributed by atoms with Gasteiger partial charge >= 0.3 is 6.36 Å². The highest BCUT2D eigenvalue weighted by atomic mass is 19.4. The normalized spacial score (nSPS) is 11.3. The summed E-state index contributed by atoms with van der Waals surface area (Å²) in [7, 11) is 3.45. The topological polar surface area (TPSA) is 12.5 Å². The molecule has 0 amide bonds. The van der Waals surface area contributed by atoms with E-state index in [1.807, 2.05) is 0 Å². The van der Waals surface area contributed by atoms with Gasteiger partial charge in [0.25, 0.3) is 0 Å². The largest absolute Gasteiger partial charge is 0.573 e. The number of benzene rings is 2. The third-order valence-electron chi connectivity index (χ3n) is 2.85. The molecule has 0 aliphatic carbocycles. The molecule has 0 fully saturated rings. The van der Waals surface area contributed by atoms with Gasteiger partial charge in [0.2, 0.25) is 0 Å². The van der Waals surface area contributed by atoms with Gasteiger partial charge < -0.3 is 9.64 Å². The standard InChI is InChI=1S/C15H13F4NO/c1-20(2)14-8-5-11(9-13(14)16)10-3-6-12(7-4-10)21-15(17,18)19/h3-9H,1-2H3. The van der Waals surface area contributed by atoms with E-state index in [0.29, 0.717) is 16.8 Å². The first kappa shape index (κ1) is 15.2. The molecule has 0 heterocycles. The first-order valence-corrected chi connectivity index (χ1v) is 6.09. The quantitative estimate of drug-likeness (QED) is 0.776. The predicted molar refractivity (Wildman–Crippen MR) is 72.8 cm³/mol. The van der Waals surface area contributed by atoms with Crippen molar-refractivity contribution < 1.29 is 22.3 Å². The summed E-state index contributed by atoms with van der Waals surface area (Å²) in [5.74, 6) is -0.704. The molecule has 0 radical (unpaired) electrons. The maximum absolute atomic E-state index is 13.9. The Morgan fingerprint density at radius 1 is 0.905 bits per heavy atom. The first-order chi connectivity index (χ1) is 9.76. The van der Waals surface area contributed by atoms with Crippen LogP contribution in [-0.4, -0.2) is 20.5 Å². The lowest BCUT2D eigenvalue weighted by Gasteiger charge is -2.14. The maximum Gasteiger partial charge on any atom is 0.573 e. The van der Waals surface area contributed by atoms with E-state index in [1.54, 1.807) is 31.1 Å². The van der Waals surface area contributed by atoms with E-state index in [1.165, 1.54) is 30.3 Å². The number of hydrogen-bond acceptors (Lipinski definition) is 2. The fourth-order valence-corrected chi connectivity index (χ4v) is 1.90. The Labute approximate surface area is 119 Å². The van der Waals surface area contributed by atoms with Crippen molar-refractivity contribution in [2.45, 2.75) is 6.36 Å². The molecule has 0 saturated carbocycles. The molecular weight excluding hydrogens is 286 g/mol. The van der Waals surface area contributed by atoms with E-state index in [-0.39, 0.29) is 5.75 Å². The smallest absolute Gasteiger partial charge is 0.406 e. The zero-order valence-electron chi connectivity index (χ0n) is 11.4. The third kappa shape index (κ3) is 3.87. The molecular formula is C15H13F4NO. The van der Waals surface area contributed by atoms with Crippen LogP contribution in [0.15, 0.2) is 42.5 Å². The van der Waals surface area contributed by atoms with Crippen LogP contribution in [0.1, 0.15) is 0 Å². The SMILES string of the molecule is CN(C)c1ccc(-c2ccc(OC(F)(F)F)cc2)cc1F. The molecule has 0 atom stereocenters. The van der Waals surface area contributed by atoms with Crippen LogP contribution in [-0.2, 0) is 0 Å². The summed E-state index contributed by atoms with van der Waals surface area (Å²) in [4.78, 5) is 1.64. The number of halogens is 4. The lowest BCUT2D eigenvalue weighted by molar-refractivity contribution is -0.274. The maximum atomic E-state index is 13.9. The van der Waals surface area contributed by atoms with Crippen molar-refractivity contribution in [3.8, 4) is 16.9 Å². The summed E-state index contributed by atoms with van der Waals surface area (Å²) in [6.07, 6.45) is -4.72. The number of rotatable bonds is 3. The van der Waals surface area contributed by atoms with Gasteiger partial charge in [0, 0.05) is 14.1 Å². The van der Waals surface area contributed by atoms with Gasteiger partial charge in [-0.1, -0.05) is 18.2 Å². The van der Waals surface area contributed by atoms with Crippen molar-refractivity contribution in [3.63, 3.8) is 0 Å². The van der Waals surface area contributed by atoms with Crippen molar-refractivity contribution in [1.82, 2.24) is 0 Å². The lowest BCUT2D eigenvalue weighted by Crippen LogP contribution is -2.16. The summed E-state index contributed by atoms with van der Waals surface area (Å²) in [6.45, 7) is 0. The second-order valence-electron chi connectivity index (χ2n) is 4.63. The fraction of sp³-hybridized carbons (Fsp3) is 0.200. The van der Waals surface area contributed by atoms with Crippen LogP contribution in [0.4, 0.5) is 23.2 Å². The lowest BCUT2D eigenvalue weighted by atomic mass is 10.0. The van der Waals surface area contributed by atoms with E-state index >= 15 is 0 Å². The van der Waals surface area contributed by atoms with Gasteiger partial charge in [-0.2, -0.15) is 0 Å². The van der Waals surface area contributed by atoms with E-state index in [9.17, 15) is 17.6 Å². The minimum Gasteiger partial charge on any atom is -0.406 e. The van der Waals surface area contributed by atoms with Crippen molar-refractivity contribution in [2.75, 3.05) is 19.0 Å². The molecule has 0 aromatic heterocycles. The number of hydrogen-bond donors (Lipinski definition) is 0. The zero-order chi connectivity index (χ0) is 15.6. The number of ether oxygens (including phenoxy) is 1. The van der Waals surface area contributed by atoms with Crippen molar-refractivity contribution in [2.24, 2.45) is 0 Å². The predicted octanol–water partition coefficient (Wildman–Crippen LogP) is 4.46. The molecule has 0 spiro atoms. The van der Waals surface area contributed by atoms with Gasteiger partial charge in [0.05, 0.1) is 5.69 Å². The van der Waals surface area contributed by atoms with Crippen molar-refractivity contribution >= 4 is 5.69 Å². The summed E-state index contributed by atoms with van der Waals surface area (Å²) in [6, 6.07) is 9.95. The molecule has 6 heteroatoms. The molecule has 0 bridgehead atoms. The van der Waals surface area contributed by atoms with Gasteiger partial charge in [-0.3, -0.25) is 0 Å². The van der Waals surface area contributed by atoms with Crippen molar-refractivity contribution in [3.05, 3.63) is 48.3 Å². The monoisotopic (exact) mass is 299 g/mol. The van der Waals surface area contributed by atoms with Gasteiger partial charge in [-0.25, -0.2) is 4.39 Å². The van der Waals surface area contributed by atoms with E-state index in [4.69, 9.17) is 0 Å². The molecule has 21 heavy (non-hydrogen) atoms. The summed E-state index contributed by atoms with van der Waals surface area (Å²) in [5.41, 5.74) is 1.63. The Bertz CT molecular complexity index is 621. The third-order valence-corrected chi connectivity index (χ3v) is 2.85. The van der Waals surface area contributed by atoms with Crippen molar-refractivity contribution in [1.29, 1.82) is 0 Å². The highest BCUT2D eigenvalue weighted by Gasteiger charge is 2.30. The molecule has 2 aromatic rings. The molecule has 2 rings (SSSR count). The van der Waals surface area contributed by atoms with E-state index in [0.717, 1.165) is 0 Å². The summed E-state index contributed by atoms with van der Waals surface area (Å²) in [5, 5.41) is 0. The Balaban J connectivity index is 2.25. The Hall–Kier alpha value is -2.24. The van der Waals surface area contributed by atoms with Crippen LogP contribution in [0.2, 0.25) is 0 Å². The summed E-state index contributed by atoms with van der Waals surface area (Å²) >= 11 is 0. The first-order valence-electron chi connectivity index (χ1n) is 6.09. The Morgan fingerprint density at radius 2 is 1.48 bits per heavy atom. The number of alkyl halides is 3. The molecule has 0 saturated heterocycles. The number of nitrogens with zero attached hydrogens (tertiary/aromatic N) is 1. The molecule has 2 nitrogen and oxygen atoms in total. The molecule has 2 aromatic carbocycles. The molecule has 0 unspecified atom stereocenters. The highest BCUT2D eigenvalue weighted by molar-refractivity contribution is 5.67. The van der Waals surface area contributed by atoms with Gasteiger partial charge in [0.15, 0.2) is 0 Å². The van der Waals surface area contributed by atoms with Gasteiger partial charge in [-0.15, -0.1) is 13.2 Å². The molecule has 0 aliphatic heterocycles. The van der Waals surface area contributed by atoms with Crippen LogP contribution in [0.25, 0.3) is 11.1 Å². The van der Waals surface area contributed by atoms with Crippen LogP contribution < -0.4 is 9.64 Å². The minimum atomic E-state index is -4.72. The minimum absolute atomic E-state index is 0.309. The molecule has 0 N–H and O–H groups in total. The van der Waals surface area contributed by atoms with E-state index < -0.39 is 12.2 Å². The molecule has 0 aliphatic rings. The van der Waals surface area contributed by atoms with Crippen LogP contribution >= 0.6 is 0 Å². The average molecular weight is 299 g/mol. The molecule has 112 valence electrons. The Kier molecular flexibility index (Phi) is 4.06. The second kappa shape index (κ2) is 5.63. The summed E-state index contributed by atoms with van der Waals surface area (Å²) < 4.78 is 53.8. The van der Waals surface area contributed by atoms with Crippen LogP contribution in [0.5, 0.6) is 5.75 Å². The fourth-order valence-electron chi connectivity index (χ4n) is 1.90. The van der Waals surface area contributed by atoms with Gasteiger partial charge in [-0.05, 0) is 35.4 Å². The Morgan fingerprint density at radius 3 is 1.95 bits per heavy atom. The second-order valence-corrected chi connectivity index (χ2v) is 4.63.